The molecule has 3 aromatic rings. The molecule has 162 valence electrons. The van der Waals surface area contributed by atoms with Gasteiger partial charge in [0.1, 0.15) is 12.3 Å². The number of sulfonamides is 1. The Balaban J connectivity index is 1.85. The fourth-order valence-corrected chi connectivity index (χ4v) is 4.88. The van der Waals surface area contributed by atoms with Crippen LogP contribution in [-0.2, 0) is 14.8 Å². The molecule has 1 N–H and O–H groups in total. The van der Waals surface area contributed by atoms with Crippen molar-refractivity contribution in [3.05, 3.63) is 88.9 Å². The van der Waals surface area contributed by atoms with Gasteiger partial charge in [0.25, 0.3) is 10.0 Å². The lowest BCUT2D eigenvalue weighted by atomic mass is 10.1. The number of benzene rings is 3. The van der Waals surface area contributed by atoms with Crippen LogP contribution < -0.4 is 14.4 Å². The number of carbonyl (C=O) groups excluding carboxylic acids is 1. The van der Waals surface area contributed by atoms with Gasteiger partial charge in [-0.25, -0.2) is 8.42 Å². The standard InChI is InChI=1S/C23H23BrN2O4S/c1-17(18-11-13-21(30-2)14-12-18)25-23(27)16-26(20-8-6-7-19(24)15-20)31(28,29)22-9-4-3-5-10-22/h3-15,17H,16H2,1-2H3,(H,25,27). The Morgan fingerprint density at radius 1 is 1.03 bits per heavy atom. The fourth-order valence-electron chi connectivity index (χ4n) is 3.06. The lowest BCUT2D eigenvalue weighted by Gasteiger charge is -2.25. The zero-order valence-electron chi connectivity index (χ0n) is 17.2. The molecule has 0 aromatic heterocycles. The minimum Gasteiger partial charge on any atom is -0.497 e. The topological polar surface area (TPSA) is 75.7 Å². The van der Waals surface area contributed by atoms with E-state index in [9.17, 15) is 13.2 Å². The van der Waals surface area contributed by atoms with Crippen molar-refractivity contribution in [1.29, 1.82) is 0 Å². The van der Waals surface area contributed by atoms with E-state index in [-0.39, 0.29) is 17.5 Å². The molecule has 0 radical (unpaired) electrons. The Labute approximate surface area is 191 Å². The van der Waals surface area contributed by atoms with E-state index in [1.165, 1.54) is 12.1 Å². The second-order valence-electron chi connectivity index (χ2n) is 6.87. The number of carbonyl (C=O) groups is 1. The van der Waals surface area contributed by atoms with Crippen molar-refractivity contribution in [1.82, 2.24) is 5.32 Å². The molecule has 6 nitrogen and oxygen atoms in total. The Morgan fingerprint density at radius 3 is 2.32 bits per heavy atom. The second-order valence-corrected chi connectivity index (χ2v) is 9.64. The van der Waals surface area contributed by atoms with E-state index in [1.54, 1.807) is 49.6 Å². The van der Waals surface area contributed by atoms with Gasteiger partial charge in [-0.05, 0) is 55.0 Å². The highest BCUT2D eigenvalue weighted by atomic mass is 79.9. The van der Waals surface area contributed by atoms with Gasteiger partial charge in [0.15, 0.2) is 0 Å². The molecular formula is C23H23BrN2O4S. The van der Waals surface area contributed by atoms with Crippen molar-refractivity contribution >= 4 is 37.5 Å². The first-order chi connectivity index (χ1) is 14.8. The van der Waals surface area contributed by atoms with Crippen LogP contribution in [0, 0.1) is 0 Å². The fraction of sp³-hybridized carbons (Fsp3) is 0.174. The molecule has 0 bridgehead atoms. The quantitative estimate of drug-likeness (QED) is 0.490. The molecule has 1 amide bonds. The summed E-state index contributed by atoms with van der Waals surface area (Å²) in [6, 6.07) is 21.9. The van der Waals surface area contributed by atoms with E-state index >= 15 is 0 Å². The number of anilines is 1. The third kappa shape index (κ3) is 5.65. The first kappa shape index (κ1) is 22.8. The predicted octanol–water partition coefficient (Wildman–Crippen LogP) is 4.53. The van der Waals surface area contributed by atoms with Crippen molar-refractivity contribution in [3.63, 3.8) is 0 Å². The van der Waals surface area contributed by atoms with Crippen molar-refractivity contribution in [3.8, 4) is 5.75 Å². The third-order valence-corrected chi connectivity index (χ3v) is 6.99. The van der Waals surface area contributed by atoms with E-state index in [1.807, 2.05) is 31.2 Å². The molecule has 0 aliphatic carbocycles. The Hall–Kier alpha value is -2.84. The van der Waals surface area contributed by atoms with E-state index in [0.29, 0.717) is 10.2 Å². The number of hydrogen-bond donors (Lipinski definition) is 1. The summed E-state index contributed by atoms with van der Waals surface area (Å²) in [6.45, 7) is 1.49. The van der Waals surface area contributed by atoms with E-state index < -0.39 is 15.9 Å². The molecule has 31 heavy (non-hydrogen) atoms. The van der Waals surface area contributed by atoms with Gasteiger partial charge < -0.3 is 10.1 Å². The van der Waals surface area contributed by atoms with Crippen LogP contribution in [0.4, 0.5) is 5.69 Å². The molecule has 8 heteroatoms. The van der Waals surface area contributed by atoms with Crippen molar-refractivity contribution < 1.29 is 17.9 Å². The maximum atomic E-state index is 13.3. The van der Waals surface area contributed by atoms with Crippen LogP contribution in [-0.4, -0.2) is 28.0 Å². The molecule has 0 fully saturated rings. The maximum Gasteiger partial charge on any atom is 0.264 e. The summed E-state index contributed by atoms with van der Waals surface area (Å²) in [7, 11) is -2.35. The van der Waals surface area contributed by atoms with Gasteiger partial charge in [-0.1, -0.05) is 52.3 Å². The molecule has 0 heterocycles. The molecule has 0 aliphatic rings. The van der Waals surface area contributed by atoms with E-state index in [4.69, 9.17) is 4.74 Å². The Kier molecular flexibility index (Phi) is 7.35. The smallest absolute Gasteiger partial charge is 0.264 e. The number of ether oxygens (including phenoxy) is 1. The van der Waals surface area contributed by atoms with Crippen molar-refractivity contribution in [2.75, 3.05) is 18.0 Å². The lowest BCUT2D eigenvalue weighted by Crippen LogP contribution is -2.41. The number of halogens is 1. The van der Waals surface area contributed by atoms with Crippen LogP contribution in [0.5, 0.6) is 5.75 Å². The average molecular weight is 503 g/mol. The molecule has 1 unspecified atom stereocenters. The summed E-state index contributed by atoms with van der Waals surface area (Å²) in [5.41, 5.74) is 1.28. The van der Waals surface area contributed by atoms with Crippen molar-refractivity contribution in [2.45, 2.75) is 17.9 Å². The van der Waals surface area contributed by atoms with Crippen LogP contribution >= 0.6 is 15.9 Å². The molecular weight excluding hydrogens is 480 g/mol. The molecule has 0 spiro atoms. The number of methoxy groups -OCH3 is 1. The molecule has 0 aliphatic heterocycles. The molecule has 1 atom stereocenters. The molecule has 0 saturated carbocycles. The summed E-state index contributed by atoms with van der Waals surface area (Å²) >= 11 is 3.37. The van der Waals surface area contributed by atoms with Gasteiger partial charge in [0, 0.05) is 4.47 Å². The first-order valence-electron chi connectivity index (χ1n) is 9.58. The summed E-state index contributed by atoms with van der Waals surface area (Å²) in [6.07, 6.45) is 0. The highest BCUT2D eigenvalue weighted by Gasteiger charge is 2.27. The van der Waals surface area contributed by atoms with Crippen LogP contribution in [0.2, 0.25) is 0 Å². The summed E-state index contributed by atoms with van der Waals surface area (Å²) < 4.78 is 33.6. The highest BCUT2D eigenvalue weighted by molar-refractivity contribution is 9.10. The normalized spacial score (nSPS) is 12.1. The Morgan fingerprint density at radius 2 is 1.71 bits per heavy atom. The monoisotopic (exact) mass is 502 g/mol. The summed E-state index contributed by atoms with van der Waals surface area (Å²) in [5.74, 6) is 0.305. The zero-order chi connectivity index (χ0) is 22.4. The third-order valence-electron chi connectivity index (χ3n) is 4.71. The predicted molar refractivity (Wildman–Crippen MR) is 125 cm³/mol. The summed E-state index contributed by atoms with van der Waals surface area (Å²) in [5, 5.41) is 2.87. The zero-order valence-corrected chi connectivity index (χ0v) is 19.6. The Bertz CT molecular complexity index is 1140. The number of nitrogens with zero attached hydrogens (tertiary/aromatic N) is 1. The summed E-state index contributed by atoms with van der Waals surface area (Å²) in [4.78, 5) is 13.0. The number of hydrogen-bond acceptors (Lipinski definition) is 4. The minimum absolute atomic E-state index is 0.117. The number of nitrogens with one attached hydrogen (secondary N) is 1. The maximum absolute atomic E-state index is 13.3. The van der Waals surface area contributed by atoms with Crippen LogP contribution in [0.1, 0.15) is 18.5 Å². The van der Waals surface area contributed by atoms with E-state index in [0.717, 1.165) is 15.6 Å². The van der Waals surface area contributed by atoms with Gasteiger partial charge in [-0.3, -0.25) is 9.10 Å². The SMILES string of the molecule is COc1ccc(C(C)NC(=O)CN(c2cccc(Br)c2)S(=O)(=O)c2ccccc2)cc1. The number of amides is 1. The van der Waals surface area contributed by atoms with Crippen LogP contribution in [0.25, 0.3) is 0 Å². The van der Waals surface area contributed by atoms with Crippen LogP contribution in [0.3, 0.4) is 0 Å². The highest BCUT2D eigenvalue weighted by Crippen LogP contribution is 2.26. The molecule has 0 saturated heterocycles. The van der Waals surface area contributed by atoms with Crippen molar-refractivity contribution in [2.24, 2.45) is 0 Å². The van der Waals surface area contributed by atoms with Crippen LogP contribution in [0.15, 0.2) is 88.2 Å². The van der Waals surface area contributed by atoms with Gasteiger partial charge in [0.2, 0.25) is 5.91 Å². The van der Waals surface area contributed by atoms with Gasteiger partial charge in [-0.15, -0.1) is 0 Å². The second kappa shape index (κ2) is 9.98. The first-order valence-corrected chi connectivity index (χ1v) is 11.8. The van der Waals surface area contributed by atoms with E-state index in [2.05, 4.69) is 21.2 Å². The van der Waals surface area contributed by atoms with Gasteiger partial charge in [-0.2, -0.15) is 0 Å². The molecule has 3 rings (SSSR count). The largest absolute Gasteiger partial charge is 0.497 e. The van der Waals surface area contributed by atoms with Gasteiger partial charge >= 0.3 is 0 Å². The molecule has 3 aromatic carbocycles. The van der Waals surface area contributed by atoms with Gasteiger partial charge in [0.05, 0.1) is 23.7 Å². The lowest BCUT2D eigenvalue weighted by molar-refractivity contribution is -0.120. The number of rotatable bonds is 8. The average Bonchev–Trinajstić information content (AvgIpc) is 2.78. The minimum atomic E-state index is -3.94.